The Hall–Kier alpha value is -1.40. The molecule has 1 aromatic carbocycles. The molecule has 1 aliphatic heterocycles. The van der Waals surface area contributed by atoms with Crippen LogP contribution in [0.4, 0.5) is 0 Å². The molecule has 6 heteroatoms. The average molecular weight is 269 g/mol. The minimum Gasteiger partial charge on any atom is -0.486 e. The quantitative estimate of drug-likeness (QED) is 0.829. The molecular weight excluding hydrogens is 254 g/mol. The van der Waals surface area contributed by atoms with Gasteiger partial charge < -0.3 is 20.3 Å². The lowest BCUT2D eigenvalue weighted by Gasteiger charge is -2.26. The second-order valence-corrected chi connectivity index (χ2v) is 5.05. The predicted molar refractivity (Wildman–Crippen MR) is 69.3 cm³/mol. The van der Waals surface area contributed by atoms with Crippen molar-refractivity contribution in [3.63, 3.8) is 0 Å². The summed E-state index contributed by atoms with van der Waals surface area (Å²) in [6.45, 7) is 0.478. The number of benzene rings is 1. The molecule has 2 unspecified atom stereocenters. The molecule has 18 heavy (non-hydrogen) atoms. The van der Waals surface area contributed by atoms with Crippen molar-refractivity contribution < 1.29 is 19.4 Å². The van der Waals surface area contributed by atoms with Crippen LogP contribution in [0.1, 0.15) is 0 Å². The van der Waals surface area contributed by atoms with Gasteiger partial charge in [-0.3, -0.25) is 4.79 Å². The molecule has 0 spiro atoms. The summed E-state index contributed by atoms with van der Waals surface area (Å²) in [5.41, 5.74) is 5.42. The fraction of sp³-hybridized carbons (Fsp3) is 0.417. The molecule has 0 radical (unpaired) electrons. The number of carboxylic acid groups (broad SMARTS) is 1. The lowest BCUT2D eigenvalue weighted by molar-refractivity contribution is -0.137. The monoisotopic (exact) mass is 269 g/mol. The Bertz CT molecular complexity index is 426. The lowest BCUT2D eigenvalue weighted by atomic mass is 10.3. The second-order valence-electron chi connectivity index (χ2n) is 3.98. The molecule has 0 bridgehead atoms. The van der Waals surface area contributed by atoms with Crippen molar-refractivity contribution in [2.24, 2.45) is 5.73 Å². The smallest absolute Gasteiger partial charge is 0.321 e. The number of fused-ring (bicyclic) bond motifs is 1. The van der Waals surface area contributed by atoms with E-state index in [1.54, 1.807) is 0 Å². The molecule has 0 aliphatic carbocycles. The molecule has 1 aliphatic rings. The van der Waals surface area contributed by atoms with E-state index in [1.807, 2.05) is 24.3 Å². The van der Waals surface area contributed by atoms with Crippen LogP contribution in [0.3, 0.4) is 0 Å². The van der Waals surface area contributed by atoms with E-state index in [0.717, 1.165) is 11.5 Å². The van der Waals surface area contributed by atoms with Crippen molar-refractivity contribution in [2.45, 2.75) is 12.1 Å². The van der Waals surface area contributed by atoms with Crippen molar-refractivity contribution >= 4 is 17.7 Å². The Balaban J connectivity index is 1.78. The van der Waals surface area contributed by atoms with E-state index in [4.69, 9.17) is 20.3 Å². The zero-order valence-electron chi connectivity index (χ0n) is 9.74. The molecule has 3 N–H and O–H groups in total. The number of hydrogen-bond acceptors (Lipinski definition) is 5. The third-order valence-electron chi connectivity index (χ3n) is 2.49. The molecule has 0 fully saturated rings. The van der Waals surface area contributed by atoms with Crippen molar-refractivity contribution in [3.05, 3.63) is 24.3 Å². The highest BCUT2D eigenvalue weighted by Crippen LogP contribution is 2.31. The van der Waals surface area contributed by atoms with Crippen molar-refractivity contribution in [1.82, 2.24) is 0 Å². The van der Waals surface area contributed by atoms with Gasteiger partial charge in [0.2, 0.25) is 0 Å². The van der Waals surface area contributed by atoms with Gasteiger partial charge in [0.15, 0.2) is 11.5 Å². The number of thioether (sulfide) groups is 1. The van der Waals surface area contributed by atoms with Crippen LogP contribution in [0.25, 0.3) is 0 Å². The number of ether oxygens (including phenoxy) is 2. The van der Waals surface area contributed by atoms with Crippen LogP contribution in [0.2, 0.25) is 0 Å². The molecular formula is C12H15NO4S. The van der Waals surface area contributed by atoms with E-state index in [0.29, 0.717) is 18.1 Å². The standard InChI is InChI=1S/C12H15NO4S/c13-9(12(14)15)7-18-6-8-5-16-10-3-1-2-4-11(10)17-8/h1-4,8-9H,5-7,13H2,(H,14,15). The molecule has 0 aromatic heterocycles. The van der Waals surface area contributed by atoms with Crippen LogP contribution in [0.5, 0.6) is 11.5 Å². The minimum atomic E-state index is -0.978. The molecule has 5 nitrogen and oxygen atoms in total. The summed E-state index contributed by atoms with van der Waals surface area (Å²) in [4.78, 5) is 10.6. The van der Waals surface area contributed by atoms with Crippen molar-refractivity contribution in [1.29, 1.82) is 0 Å². The highest BCUT2D eigenvalue weighted by Gasteiger charge is 2.21. The predicted octanol–water partition coefficient (Wildman–Crippen LogP) is 0.971. The van der Waals surface area contributed by atoms with Gasteiger partial charge in [0.25, 0.3) is 0 Å². The number of carboxylic acids is 1. The fourth-order valence-corrected chi connectivity index (χ4v) is 2.50. The van der Waals surface area contributed by atoms with Crippen molar-refractivity contribution in [2.75, 3.05) is 18.1 Å². The Kier molecular flexibility index (Phi) is 4.33. The van der Waals surface area contributed by atoms with Gasteiger partial charge in [0, 0.05) is 11.5 Å². The largest absolute Gasteiger partial charge is 0.486 e. The molecule has 2 rings (SSSR count). The first-order valence-corrected chi connectivity index (χ1v) is 6.77. The van der Waals surface area contributed by atoms with Gasteiger partial charge in [-0.05, 0) is 12.1 Å². The molecule has 2 atom stereocenters. The van der Waals surface area contributed by atoms with Crippen molar-refractivity contribution in [3.8, 4) is 11.5 Å². The maximum Gasteiger partial charge on any atom is 0.321 e. The van der Waals surface area contributed by atoms with Crippen LogP contribution in [-0.2, 0) is 4.79 Å². The SMILES string of the molecule is NC(CSCC1COc2ccccc2O1)C(=O)O. The minimum absolute atomic E-state index is 0.0640. The molecule has 0 saturated heterocycles. The molecule has 1 heterocycles. The van der Waals surface area contributed by atoms with Crippen LogP contribution in [0.15, 0.2) is 24.3 Å². The number of para-hydroxylation sites is 2. The Morgan fingerprint density at radius 1 is 1.50 bits per heavy atom. The van der Waals surface area contributed by atoms with Crippen LogP contribution < -0.4 is 15.2 Å². The van der Waals surface area contributed by atoms with Gasteiger partial charge in [0.1, 0.15) is 18.8 Å². The van der Waals surface area contributed by atoms with Gasteiger partial charge in [-0.15, -0.1) is 0 Å². The van der Waals surface area contributed by atoms with Gasteiger partial charge in [0.05, 0.1) is 0 Å². The van der Waals surface area contributed by atoms with Crippen LogP contribution in [0, 0.1) is 0 Å². The zero-order chi connectivity index (χ0) is 13.0. The molecule has 0 saturated carbocycles. The van der Waals surface area contributed by atoms with E-state index < -0.39 is 12.0 Å². The van der Waals surface area contributed by atoms with E-state index in [-0.39, 0.29) is 6.10 Å². The summed E-state index contributed by atoms with van der Waals surface area (Å²) < 4.78 is 11.3. The van der Waals surface area contributed by atoms with Gasteiger partial charge in [-0.25, -0.2) is 0 Å². The maximum atomic E-state index is 10.6. The zero-order valence-corrected chi connectivity index (χ0v) is 10.6. The highest BCUT2D eigenvalue weighted by atomic mass is 32.2. The lowest BCUT2D eigenvalue weighted by Crippen LogP contribution is -2.35. The summed E-state index contributed by atoms with van der Waals surface area (Å²) in [6.07, 6.45) is -0.0640. The number of carbonyl (C=O) groups is 1. The number of nitrogens with two attached hydrogens (primary N) is 1. The van der Waals surface area contributed by atoms with Crippen LogP contribution >= 0.6 is 11.8 Å². The second kappa shape index (κ2) is 5.97. The van der Waals surface area contributed by atoms with Gasteiger partial charge in [-0.1, -0.05) is 12.1 Å². The van der Waals surface area contributed by atoms with E-state index >= 15 is 0 Å². The summed E-state index contributed by atoms with van der Waals surface area (Å²) in [5, 5.41) is 8.65. The first-order chi connectivity index (χ1) is 8.66. The maximum absolute atomic E-state index is 10.6. The first-order valence-electron chi connectivity index (χ1n) is 5.61. The summed E-state index contributed by atoms with van der Waals surface area (Å²) >= 11 is 1.46. The molecule has 1 aromatic rings. The third kappa shape index (κ3) is 3.30. The van der Waals surface area contributed by atoms with Gasteiger partial charge in [-0.2, -0.15) is 11.8 Å². The summed E-state index contributed by atoms with van der Waals surface area (Å²) in [5.74, 6) is 1.54. The van der Waals surface area contributed by atoms with E-state index in [1.165, 1.54) is 11.8 Å². The summed E-state index contributed by atoms with van der Waals surface area (Å²) in [6, 6.07) is 6.67. The Labute approximate surface area is 109 Å². The Morgan fingerprint density at radius 3 is 2.94 bits per heavy atom. The third-order valence-corrected chi connectivity index (χ3v) is 3.69. The first kappa shape index (κ1) is 13.0. The number of aliphatic carboxylic acids is 1. The normalized spacial score (nSPS) is 19.3. The summed E-state index contributed by atoms with van der Waals surface area (Å²) in [7, 11) is 0. The highest BCUT2D eigenvalue weighted by molar-refractivity contribution is 7.99. The van der Waals surface area contributed by atoms with E-state index in [9.17, 15) is 4.79 Å². The van der Waals surface area contributed by atoms with E-state index in [2.05, 4.69) is 0 Å². The van der Waals surface area contributed by atoms with Gasteiger partial charge >= 0.3 is 5.97 Å². The molecule has 98 valence electrons. The topological polar surface area (TPSA) is 81.8 Å². The average Bonchev–Trinajstić information content (AvgIpc) is 2.38. The van der Waals surface area contributed by atoms with Crippen LogP contribution in [-0.4, -0.2) is 41.3 Å². The Morgan fingerprint density at radius 2 is 2.22 bits per heavy atom. The molecule has 0 amide bonds. The number of hydrogen-bond donors (Lipinski definition) is 2. The fourth-order valence-electron chi connectivity index (χ4n) is 1.54. The number of rotatable bonds is 5.